The van der Waals surface area contributed by atoms with Gasteiger partial charge in [0.25, 0.3) is 0 Å². The van der Waals surface area contributed by atoms with Crippen molar-refractivity contribution in [3.63, 3.8) is 0 Å². The highest BCUT2D eigenvalue weighted by Crippen LogP contribution is 2.35. The Morgan fingerprint density at radius 1 is 1.07 bits per heavy atom. The van der Waals surface area contributed by atoms with E-state index < -0.39 is 22.0 Å². The molecular formula is C18H20Cl2N2O5S. The summed E-state index contributed by atoms with van der Waals surface area (Å²) in [4.78, 5) is 12.8. The molecule has 0 spiro atoms. The molecule has 0 heterocycles. The number of nitrogens with zero attached hydrogens (tertiary/aromatic N) is 1. The van der Waals surface area contributed by atoms with Gasteiger partial charge in [-0.1, -0.05) is 23.2 Å². The van der Waals surface area contributed by atoms with Crippen molar-refractivity contribution < 1.29 is 22.7 Å². The molecule has 7 nitrogen and oxygen atoms in total. The molecule has 0 saturated heterocycles. The third-order valence-electron chi connectivity index (χ3n) is 3.84. The summed E-state index contributed by atoms with van der Waals surface area (Å²) in [5, 5.41) is 3.30. The van der Waals surface area contributed by atoms with Gasteiger partial charge in [-0.3, -0.25) is 9.10 Å². The molecule has 1 amide bonds. The van der Waals surface area contributed by atoms with Crippen molar-refractivity contribution in [2.75, 3.05) is 30.1 Å². The Morgan fingerprint density at radius 3 is 2.18 bits per heavy atom. The van der Waals surface area contributed by atoms with E-state index in [4.69, 9.17) is 32.7 Å². The molecule has 0 bridgehead atoms. The zero-order valence-corrected chi connectivity index (χ0v) is 18.0. The van der Waals surface area contributed by atoms with Gasteiger partial charge in [0.1, 0.15) is 17.5 Å². The number of halogens is 2. The maximum absolute atomic E-state index is 12.8. The van der Waals surface area contributed by atoms with E-state index in [0.29, 0.717) is 21.5 Å². The fraction of sp³-hybridized carbons (Fsp3) is 0.278. The normalized spacial score (nSPS) is 12.2. The largest absolute Gasteiger partial charge is 0.497 e. The Kier molecular flexibility index (Phi) is 7.03. The summed E-state index contributed by atoms with van der Waals surface area (Å²) in [7, 11) is -0.983. The average molecular weight is 447 g/mol. The van der Waals surface area contributed by atoms with Gasteiger partial charge in [-0.05, 0) is 37.3 Å². The lowest BCUT2D eigenvalue weighted by Crippen LogP contribution is -2.45. The van der Waals surface area contributed by atoms with Crippen LogP contribution in [-0.2, 0) is 14.8 Å². The molecule has 0 fully saturated rings. The number of anilines is 2. The highest BCUT2D eigenvalue weighted by Gasteiger charge is 2.31. The zero-order valence-electron chi connectivity index (χ0n) is 15.7. The molecule has 0 aliphatic carbocycles. The lowest BCUT2D eigenvalue weighted by molar-refractivity contribution is -0.116. The molecule has 1 atom stereocenters. The first-order valence-corrected chi connectivity index (χ1v) is 10.7. The summed E-state index contributed by atoms with van der Waals surface area (Å²) in [6.45, 7) is 1.46. The van der Waals surface area contributed by atoms with Gasteiger partial charge in [0.2, 0.25) is 15.9 Å². The molecule has 0 saturated carbocycles. The predicted molar refractivity (Wildman–Crippen MR) is 111 cm³/mol. The van der Waals surface area contributed by atoms with Gasteiger partial charge in [-0.15, -0.1) is 0 Å². The summed E-state index contributed by atoms with van der Waals surface area (Å²) < 4.78 is 36.4. The maximum atomic E-state index is 12.8. The molecule has 1 N–H and O–H groups in total. The summed E-state index contributed by atoms with van der Waals surface area (Å²) >= 11 is 11.9. The summed E-state index contributed by atoms with van der Waals surface area (Å²) in [6.07, 6.45) is 1.01. The quantitative estimate of drug-likeness (QED) is 0.698. The number of methoxy groups -OCH3 is 2. The second-order valence-electron chi connectivity index (χ2n) is 5.92. The number of hydrogen-bond donors (Lipinski definition) is 1. The van der Waals surface area contributed by atoms with E-state index in [1.807, 2.05) is 0 Å². The molecule has 2 aromatic carbocycles. The third-order valence-corrected chi connectivity index (χ3v) is 5.51. The topological polar surface area (TPSA) is 84.9 Å². The maximum Gasteiger partial charge on any atom is 0.247 e. The highest BCUT2D eigenvalue weighted by atomic mass is 35.5. The minimum atomic E-state index is -3.84. The van der Waals surface area contributed by atoms with Crippen LogP contribution in [0.5, 0.6) is 11.5 Å². The fourth-order valence-corrected chi connectivity index (χ4v) is 4.32. The smallest absolute Gasteiger partial charge is 0.247 e. The van der Waals surface area contributed by atoms with E-state index in [0.717, 1.165) is 10.6 Å². The lowest BCUT2D eigenvalue weighted by Gasteiger charge is -2.29. The molecule has 28 heavy (non-hydrogen) atoms. The van der Waals surface area contributed by atoms with E-state index in [9.17, 15) is 13.2 Å². The van der Waals surface area contributed by atoms with E-state index in [-0.39, 0.29) is 11.4 Å². The first kappa shape index (κ1) is 22.1. The SMILES string of the molecule is COc1ccc(OC)c(N(C(C)C(=O)Nc2cc(Cl)cc(Cl)c2)S(C)(=O)=O)c1. The Balaban J connectivity index is 2.44. The Labute approximate surface area is 174 Å². The van der Waals surface area contributed by atoms with Crippen molar-refractivity contribution in [2.45, 2.75) is 13.0 Å². The second-order valence-corrected chi connectivity index (χ2v) is 8.65. The lowest BCUT2D eigenvalue weighted by atomic mass is 10.2. The highest BCUT2D eigenvalue weighted by molar-refractivity contribution is 7.92. The van der Waals surface area contributed by atoms with E-state index in [1.165, 1.54) is 45.4 Å². The molecule has 0 aromatic heterocycles. The van der Waals surface area contributed by atoms with Crippen LogP contribution >= 0.6 is 23.2 Å². The number of carbonyl (C=O) groups is 1. The Morgan fingerprint density at radius 2 is 1.68 bits per heavy atom. The van der Waals surface area contributed by atoms with Crippen molar-refractivity contribution in [1.82, 2.24) is 0 Å². The number of nitrogens with one attached hydrogen (secondary N) is 1. The van der Waals surface area contributed by atoms with Crippen molar-refractivity contribution in [1.29, 1.82) is 0 Å². The van der Waals surface area contributed by atoms with Crippen LogP contribution in [-0.4, -0.2) is 40.8 Å². The standard InChI is InChI=1S/C18H20Cl2N2O5S/c1-11(18(23)21-14-8-12(19)7-13(20)9-14)22(28(4,24)25)16-10-15(26-2)5-6-17(16)27-3/h5-11H,1-4H3,(H,21,23). The van der Waals surface area contributed by atoms with Crippen molar-refractivity contribution >= 4 is 50.5 Å². The van der Waals surface area contributed by atoms with Gasteiger partial charge in [0, 0.05) is 21.8 Å². The molecule has 2 aromatic rings. The monoisotopic (exact) mass is 446 g/mol. The van der Waals surface area contributed by atoms with E-state index >= 15 is 0 Å². The van der Waals surface area contributed by atoms with Gasteiger partial charge in [0.05, 0.1) is 26.2 Å². The van der Waals surface area contributed by atoms with E-state index in [2.05, 4.69) is 5.32 Å². The molecule has 0 aliphatic heterocycles. The number of amides is 1. The number of sulfonamides is 1. The van der Waals surface area contributed by atoms with Crippen LogP contribution in [0.4, 0.5) is 11.4 Å². The van der Waals surface area contributed by atoms with Crippen LogP contribution in [0, 0.1) is 0 Å². The molecular weight excluding hydrogens is 427 g/mol. The molecule has 0 aliphatic rings. The molecule has 2 rings (SSSR count). The molecule has 152 valence electrons. The van der Waals surface area contributed by atoms with Crippen molar-refractivity contribution in [2.24, 2.45) is 0 Å². The van der Waals surface area contributed by atoms with Gasteiger partial charge in [-0.2, -0.15) is 0 Å². The average Bonchev–Trinajstić information content (AvgIpc) is 2.59. The third kappa shape index (κ3) is 5.21. The van der Waals surface area contributed by atoms with Crippen LogP contribution in [0.3, 0.4) is 0 Å². The molecule has 10 heteroatoms. The Bertz CT molecular complexity index is 962. The summed E-state index contributed by atoms with van der Waals surface area (Å²) in [5.41, 5.74) is 0.525. The number of carbonyl (C=O) groups excluding carboxylic acids is 1. The van der Waals surface area contributed by atoms with Crippen LogP contribution in [0.25, 0.3) is 0 Å². The summed E-state index contributed by atoms with van der Waals surface area (Å²) in [6, 6.07) is 8.11. The van der Waals surface area contributed by atoms with Gasteiger partial charge in [0.15, 0.2) is 0 Å². The number of ether oxygens (including phenoxy) is 2. The minimum Gasteiger partial charge on any atom is -0.497 e. The van der Waals surface area contributed by atoms with Crippen LogP contribution in [0.15, 0.2) is 36.4 Å². The van der Waals surface area contributed by atoms with Crippen molar-refractivity contribution in [3.05, 3.63) is 46.4 Å². The number of hydrogen-bond acceptors (Lipinski definition) is 5. The second kappa shape index (κ2) is 8.89. The van der Waals surface area contributed by atoms with Crippen LogP contribution in [0.1, 0.15) is 6.92 Å². The molecule has 1 unspecified atom stereocenters. The van der Waals surface area contributed by atoms with Crippen molar-refractivity contribution in [3.8, 4) is 11.5 Å². The number of rotatable bonds is 7. The van der Waals surface area contributed by atoms with Gasteiger partial charge in [-0.25, -0.2) is 8.42 Å². The number of benzene rings is 2. The Hall–Kier alpha value is -2.16. The fourth-order valence-electron chi connectivity index (χ4n) is 2.62. The summed E-state index contributed by atoms with van der Waals surface area (Å²) in [5.74, 6) is 0.115. The van der Waals surface area contributed by atoms with E-state index in [1.54, 1.807) is 12.1 Å². The zero-order chi connectivity index (χ0) is 21.1. The minimum absolute atomic E-state index is 0.177. The van der Waals surface area contributed by atoms with Crippen LogP contribution in [0.2, 0.25) is 10.0 Å². The van der Waals surface area contributed by atoms with Crippen LogP contribution < -0.4 is 19.1 Å². The van der Waals surface area contributed by atoms with Gasteiger partial charge < -0.3 is 14.8 Å². The first-order chi connectivity index (χ1) is 13.1. The van der Waals surface area contributed by atoms with Gasteiger partial charge >= 0.3 is 0 Å². The predicted octanol–water partition coefficient (Wildman–Crippen LogP) is 3.80. The first-order valence-electron chi connectivity index (χ1n) is 8.05. The molecule has 0 radical (unpaired) electrons.